The average Bonchev–Trinajstić information content (AvgIpc) is 2.56. The fourth-order valence-corrected chi connectivity index (χ4v) is 2.94. The number of anilines is 1. The Hall–Kier alpha value is -1.59. The molecule has 0 saturated carbocycles. The molecule has 1 aromatic carbocycles. The van der Waals surface area contributed by atoms with Gasteiger partial charge in [-0.3, -0.25) is 9.69 Å². The Balaban J connectivity index is 1.78. The molecule has 2 N–H and O–H groups in total. The van der Waals surface area contributed by atoms with Crippen LogP contribution in [0.2, 0.25) is 0 Å². The topological polar surface area (TPSA) is 53.6 Å². The maximum absolute atomic E-state index is 12.3. The number of likely N-dealkylation sites (tertiary alicyclic amines) is 1. The van der Waals surface area contributed by atoms with E-state index in [2.05, 4.69) is 22.5 Å². The van der Waals surface area contributed by atoms with Gasteiger partial charge in [0.25, 0.3) is 0 Å². The van der Waals surface area contributed by atoms with E-state index in [0.717, 1.165) is 56.4 Å². The molecule has 5 heteroatoms. The lowest BCUT2D eigenvalue weighted by Gasteiger charge is -2.31. The van der Waals surface area contributed by atoms with Crippen LogP contribution in [0.4, 0.5) is 5.69 Å². The fourth-order valence-electron chi connectivity index (χ4n) is 2.94. The van der Waals surface area contributed by atoms with Gasteiger partial charge >= 0.3 is 0 Å². The van der Waals surface area contributed by atoms with E-state index < -0.39 is 0 Å². The van der Waals surface area contributed by atoms with Gasteiger partial charge in [-0.15, -0.1) is 0 Å². The van der Waals surface area contributed by atoms with Crippen molar-refractivity contribution in [2.75, 3.05) is 44.6 Å². The van der Waals surface area contributed by atoms with Gasteiger partial charge in [-0.2, -0.15) is 0 Å². The van der Waals surface area contributed by atoms with E-state index in [1.807, 2.05) is 31.2 Å². The summed E-state index contributed by atoms with van der Waals surface area (Å²) in [6.07, 6.45) is 2.33. The summed E-state index contributed by atoms with van der Waals surface area (Å²) in [4.78, 5) is 14.5. The molecule has 0 bridgehead atoms. The van der Waals surface area contributed by atoms with Crippen molar-refractivity contribution in [2.45, 2.75) is 26.7 Å². The maximum Gasteiger partial charge on any atom is 0.238 e. The Morgan fingerprint density at radius 1 is 1.26 bits per heavy atom. The first kappa shape index (κ1) is 17.8. The highest BCUT2D eigenvalue weighted by molar-refractivity contribution is 5.93. The smallest absolute Gasteiger partial charge is 0.238 e. The molecule has 1 aliphatic rings. The molecule has 0 unspecified atom stereocenters. The molecule has 2 rings (SSSR count). The van der Waals surface area contributed by atoms with E-state index in [1.54, 1.807) is 0 Å². The molecule has 1 aliphatic heterocycles. The van der Waals surface area contributed by atoms with Gasteiger partial charge in [0.2, 0.25) is 5.91 Å². The molecule has 1 fully saturated rings. The maximum atomic E-state index is 12.3. The summed E-state index contributed by atoms with van der Waals surface area (Å²) in [5, 5.41) is 6.38. The van der Waals surface area contributed by atoms with Gasteiger partial charge in [-0.05, 0) is 64.0 Å². The van der Waals surface area contributed by atoms with Crippen molar-refractivity contribution in [1.82, 2.24) is 10.2 Å². The second-order valence-electron chi connectivity index (χ2n) is 6.00. The van der Waals surface area contributed by atoms with Crippen LogP contribution in [0.5, 0.6) is 5.75 Å². The monoisotopic (exact) mass is 319 g/mol. The lowest BCUT2D eigenvalue weighted by atomic mass is 9.97. The second-order valence-corrected chi connectivity index (χ2v) is 6.00. The summed E-state index contributed by atoms with van der Waals surface area (Å²) in [7, 11) is 0. The first-order valence-corrected chi connectivity index (χ1v) is 8.67. The normalized spacial score (nSPS) is 16.3. The minimum atomic E-state index is 0.0299. The molecular weight excluding hydrogens is 290 g/mol. The van der Waals surface area contributed by atoms with Crippen molar-refractivity contribution in [3.63, 3.8) is 0 Å². The van der Waals surface area contributed by atoms with E-state index in [-0.39, 0.29) is 5.91 Å². The second kappa shape index (κ2) is 9.53. The zero-order chi connectivity index (χ0) is 16.5. The third kappa shape index (κ3) is 5.84. The highest BCUT2D eigenvalue weighted by Gasteiger charge is 2.20. The number of hydrogen-bond acceptors (Lipinski definition) is 4. The first-order chi connectivity index (χ1) is 11.2. The number of rotatable bonds is 8. The lowest BCUT2D eigenvalue weighted by molar-refractivity contribution is -0.117. The summed E-state index contributed by atoms with van der Waals surface area (Å²) in [6.45, 7) is 9.24. The number of benzene rings is 1. The van der Waals surface area contributed by atoms with E-state index in [9.17, 15) is 4.79 Å². The molecule has 1 heterocycles. The Morgan fingerprint density at radius 3 is 2.70 bits per heavy atom. The van der Waals surface area contributed by atoms with Crippen molar-refractivity contribution in [2.24, 2.45) is 5.92 Å². The number of amides is 1. The number of carbonyl (C=O) groups is 1. The van der Waals surface area contributed by atoms with Gasteiger partial charge in [0, 0.05) is 0 Å². The zero-order valence-electron chi connectivity index (χ0n) is 14.3. The quantitative estimate of drug-likeness (QED) is 0.772. The van der Waals surface area contributed by atoms with Crippen LogP contribution in [-0.4, -0.2) is 50.1 Å². The van der Waals surface area contributed by atoms with Crippen LogP contribution in [0, 0.1) is 5.92 Å². The number of hydrogen-bond donors (Lipinski definition) is 2. The molecular formula is C18H29N3O2. The molecule has 1 amide bonds. The van der Waals surface area contributed by atoms with Gasteiger partial charge in [0.05, 0.1) is 18.8 Å². The van der Waals surface area contributed by atoms with Gasteiger partial charge < -0.3 is 15.4 Å². The number of para-hydroxylation sites is 2. The summed E-state index contributed by atoms with van der Waals surface area (Å²) in [6, 6.07) is 7.58. The van der Waals surface area contributed by atoms with Gasteiger partial charge in [-0.1, -0.05) is 19.1 Å². The van der Waals surface area contributed by atoms with Crippen molar-refractivity contribution in [3.8, 4) is 5.75 Å². The summed E-state index contributed by atoms with van der Waals surface area (Å²) >= 11 is 0. The molecule has 0 aromatic heterocycles. The van der Waals surface area contributed by atoms with Crippen LogP contribution in [0.25, 0.3) is 0 Å². The zero-order valence-corrected chi connectivity index (χ0v) is 14.3. The van der Waals surface area contributed by atoms with E-state index in [1.165, 1.54) is 0 Å². The average molecular weight is 319 g/mol. The molecule has 5 nitrogen and oxygen atoms in total. The van der Waals surface area contributed by atoms with Crippen molar-refractivity contribution < 1.29 is 9.53 Å². The molecule has 0 atom stereocenters. The minimum Gasteiger partial charge on any atom is -0.492 e. The van der Waals surface area contributed by atoms with E-state index in [4.69, 9.17) is 4.74 Å². The third-order valence-corrected chi connectivity index (χ3v) is 4.22. The fraction of sp³-hybridized carbons (Fsp3) is 0.611. The van der Waals surface area contributed by atoms with Crippen LogP contribution in [-0.2, 0) is 4.79 Å². The summed E-state index contributed by atoms with van der Waals surface area (Å²) in [5.41, 5.74) is 0.751. The Morgan fingerprint density at radius 2 is 2.00 bits per heavy atom. The lowest BCUT2D eigenvalue weighted by Crippen LogP contribution is -2.41. The third-order valence-electron chi connectivity index (χ3n) is 4.22. The standard InChI is InChI=1S/C18H29N3O2/c1-3-19-13-15-9-11-21(12-10-15)14-18(22)20-16-7-5-6-8-17(16)23-4-2/h5-8,15,19H,3-4,9-14H2,1-2H3,(H,20,22). The number of nitrogens with one attached hydrogen (secondary N) is 2. The van der Waals surface area contributed by atoms with Crippen LogP contribution in [0.15, 0.2) is 24.3 Å². The van der Waals surface area contributed by atoms with E-state index in [0.29, 0.717) is 13.2 Å². The number of nitrogens with zero attached hydrogens (tertiary/aromatic N) is 1. The van der Waals surface area contributed by atoms with Gasteiger partial charge in [0.15, 0.2) is 0 Å². The largest absolute Gasteiger partial charge is 0.492 e. The Bertz CT molecular complexity index is 485. The first-order valence-electron chi connectivity index (χ1n) is 8.67. The molecule has 1 aromatic rings. The Labute approximate surface area is 139 Å². The van der Waals surface area contributed by atoms with Crippen molar-refractivity contribution in [3.05, 3.63) is 24.3 Å². The van der Waals surface area contributed by atoms with Gasteiger partial charge in [-0.25, -0.2) is 0 Å². The molecule has 0 spiro atoms. The number of ether oxygens (including phenoxy) is 1. The highest BCUT2D eigenvalue weighted by atomic mass is 16.5. The summed E-state index contributed by atoms with van der Waals surface area (Å²) in [5.74, 6) is 1.50. The minimum absolute atomic E-state index is 0.0299. The van der Waals surface area contributed by atoms with Crippen molar-refractivity contribution >= 4 is 11.6 Å². The molecule has 0 radical (unpaired) electrons. The molecule has 1 saturated heterocycles. The Kier molecular flexibility index (Phi) is 7.36. The van der Waals surface area contributed by atoms with E-state index >= 15 is 0 Å². The SMILES string of the molecule is CCNCC1CCN(CC(=O)Nc2ccccc2OCC)CC1. The van der Waals surface area contributed by atoms with Crippen LogP contribution in [0.1, 0.15) is 26.7 Å². The summed E-state index contributed by atoms with van der Waals surface area (Å²) < 4.78 is 5.54. The predicted molar refractivity (Wildman–Crippen MR) is 93.9 cm³/mol. The van der Waals surface area contributed by atoms with Crippen LogP contribution >= 0.6 is 0 Å². The van der Waals surface area contributed by atoms with Crippen LogP contribution in [0.3, 0.4) is 0 Å². The highest BCUT2D eigenvalue weighted by Crippen LogP contribution is 2.23. The molecule has 23 heavy (non-hydrogen) atoms. The number of carbonyl (C=O) groups excluding carboxylic acids is 1. The van der Waals surface area contributed by atoms with Crippen LogP contribution < -0.4 is 15.4 Å². The molecule has 128 valence electrons. The number of piperidine rings is 1. The predicted octanol–water partition coefficient (Wildman–Crippen LogP) is 2.35. The van der Waals surface area contributed by atoms with Crippen molar-refractivity contribution in [1.29, 1.82) is 0 Å². The molecule has 0 aliphatic carbocycles. The van der Waals surface area contributed by atoms with Gasteiger partial charge in [0.1, 0.15) is 5.75 Å².